The summed E-state index contributed by atoms with van der Waals surface area (Å²) in [6.07, 6.45) is 26.5. The second-order valence-corrected chi connectivity index (χ2v) is 9.06. The third-order valence-electron chi connectivity index (χ3n) is 6.02. The molecule has 1 unspecified atom stereocenters. The number of hydrogen-bond donors (Lipinski definition) is 0. The molecule has 0 heterocycles. The molecule has 0 aliphatic carbocycles. The van der Waals surface area contributed by atoms with E-state index in [-0.39, 0.29) is 12.1 Å². The highest BCUT2D eigenvalue weighted by Gasteiger charge is 2.13. The number of rotatable bonds is 24. The molecule has 0 saturated carbocycles. The average Bonchev–Trinajstić information content (AvgIpc) is 2.74. The highest BCUT2D eigenvalue weighted by molar-refractivity contribution is 5.69. The van der Waals surface area contributed by atoms with Crippen molar-refractivity contribution >= 4 is 12.3 Å². The molecule has 30 heavy (non-hydrogen) atoms. The van der Waals surface area contributed by atoms with Crippen molar-refractivity contribution < 1.29 is 14.3 Å². The fourth-order valence-electron chi connectivity index (χ4n) is 4.02. The van der Waals surface area contributed by atoms with Gasteiger partial charge in [0.1, 0.15) is 12.4 Å². The van der Waals surface area contributed by atoms with Crippen molar-refractivity contribution in [3.63, 3.8) is 0 Å². The van der Waals surface area contributed by atoms with Crippen LogP contribution in [-0.4, -0.2) is 18.4 Å². The molecule has 178 valence electrons. The molecule has 3 heteroatoms. The van der Waals surface area contributed by atoms with Crippen LogP contribution in [0, 0.1) is 0 Å². The molecule has 0 fully saturated rings. The SMILES string of the molecule is CCCCCCCCCCCCC(=O)OC(CC=O)CCCCCCCCCCC. The van der Waals surface area contributed by atoms with E-state index in [1.807, 2.05) is 0 Å². The molecule has 0 aromatic heterocycles. The zero-order chi connectivity index (χ0) is 22.1. The molecule has 1 atom stereocenters. The molecule has 0 radical (unpaired) electrons. The summed E-state index contributed by atoms with van der Waals surface area (Å²) in [6, 6.07) is 0. The molecule has 0 N–H and O–H groups in total. The Kier molecular flexibility index (Phi) is 23.7. The van der Waals surface area contributed by atoms with Crippen LogP contribution >= 0.6 is 0 Å². The Balaban J connectivity index is 3.60. The normalized spacial score (nSPS) is 12.1. The summed E-state index contributed by atoms with van der Waals surface area (Å²) in [7, 11) is 0. The molecule has 0 aliphatic heterocycles. The van der Waals surface area contributed by atoms with E-state index in [2.05, 4.69) is 13.8 Å². The smallest absolute Gasteiger partial charge is 0.306 e. The van der Waals surface area contributed by atoms with Crippen molar-refractivity contribution in [3.05, 3.63) is 0 Å². The summed E-state index contributed by atoms with van der Waals surface area (Å²) in [4.78, 5) is 23.0. The molecule has 0 aliphatic rings. The lowest BCUT2D eigenvalue weighted by Crippen LogP contribution is -2.18. The molecule has 0 aromatic rings. The van der Waals surface area contributed by atoms with E-state index >= 15 is 0 Å². The maximum Gasteiger partial charge on any atom is 0.306 e. The Labute approximate surface area is 188 Å². The Bertz CT molecular complexity index is 367. The maximum absolute atomic E-state index is 12.1. The van der Waals surface area contributed by atoms with Gasteiger partial charge >= 0.3 is 5.97 Å². The van der Waals surface area contributed by atoms with E-state index in [0.29, 0.717) is 12.8 Å². The van der Waals surface area contributed by atoms with Gasteiger partial charge in [-0.25, -0.2) is 0 Å². The third kappa shape index (κ3) is 21.8. The summed E-state index contributed by atoms with van der Waals surface area (Å²) in [5, 5.41) is 0. The Morgan fingerprint density at radius 2 is 1.03 bits per heavy atom. The number of hydrogen-bond acceptors (Lipinski definition) is 3. The Morgan fingerprint density at radius 3 is 1.47 bits per heavy atom. The second kappa shape index (κ2) is 24.4. The monoisotopic (exact) mass is 424 g/mol. The van der Waals surface area contributed by atoms with Gasteiger partial charge in [-0.15, -0.1) is 0 Å². The summed E-state index contributed by atoms with van der Waals surface area (Å²) in [5.74, 6) is -0.114. The van der Waals surface area contributed by atoms with Gasteiger partial charge in [-0.2, -0.15) is 0 Å². The van der Waals surface area contributed by atoms with Crippen molar-refractivity contribution in [1.82, 2.24) is 0 Å². The van der Waals surface area contributed by atoms with Gasteiger partial charge in [0.15, 0.2) is 0 Å². The molecule has 0 bridgehead atoms. The minimum atomic E-state index is -0.206. The van der Waals surface area contributed by atoms with E-state index < -0.39 is 0 Å². The number of carbonyl (C=O) groups is 2. The zero-order valence-corrected chi connectivity index (χ0v) is 20.4. The highest BCUT2D eigenvalue weighted by Crippen LogP contribution is 2.15. The lowest BCUT2D eigenvalue weighted by atomic mass is 10.0. The summed E-state index contributed by atoms with van der Waals surface area (Å²) < 4.78 is 5.58. The van der Waals surface area contributed by atoms with Crippen LogP contribution in [0.25, 0.3) is 0 Å². The van der Waals surface area contributed by atoms with Crippen molar-refractivity contribution in [3.8, 4) is 0 Å². The minimum absolute atomic E-state index is 0.114. The first-order valence-electron chi connectivity index (χ1n) is 13.4. The molecular weight excluding hydrogens is 372 g/mol. The van der Waals surface area contributed by atoms with Gasteiger partial charge in [-0.05, 0) is 19.3 Å². The largest absolute Gasteiger partial charge is 0.462 e. The topological polar surface area (TPSA) is 43.4 Å². The standard InChI is InChI=1S/C27H52O3/c1-3-5-7-9-11-13-15-17-19-21-23-27(29)30-26(24-25-28)22-20-18-16-14-12-10-8-6-4-2/h25-26H,3-24H2,1-2H3. The first-order chi connectivity index (χ1) is 14.7. The van der Waals surface area contributed by atoms with E-state index in [9.17, 15) is 9.59 Å². The van der Waals surface area contributed by atoms with Crippen LogP contribution in [0.5, 0.6) is 0 Å². The van der Waals surface area contributed by atoms with E-state index in [1.54, 1.807) is 0 Å². The highest BCUT2D eigenvalue weighted by atomic mass is 16.5. The quantitative estimate of drug-likeness (QED) is 0.0883. The van der Waals surface area contributed by atoms with Crippen molar-refractivity contribution in [2.45, 2.75) is 161 Å². The molecule has 0 aromatic carbocycles. The van der Waals surface area contributed by atoms with E-state index in [4.69, 9.17) is 4.74 Å². The van der Waals surface area contributed by atoms with Gasteiger partial charge in [0.25, 0.3) is 0 Å². The molecule has 0 spiro atoms. The summed E-state index contributed by atoms with van der Waals surface area (Å²) in [5.41, 5.74) is 0. The first-order valence-corrected chi connectivity index (χ1v) is 13.4. The van der Waals surface area contributed by atoms with Gasteiger partial charge < -0.3 is 9.53 Å². The van der Waals surface area contributed by atoms with Crippen molar-refractivity contribution in [1.29, 1.82) is 0 Å². The molecule has 0 amide bonds. The van der Waals surface area contributed by atoms with Crippen LogP contribution in [0.2, 0.25) is 0 Å². The van der Waals surface area contributed by atoms with Crippen molar-refractivity contribution in [2.75, 3.05) is 0 Å². The van der Waals surface area contributed by atoms with Gasteiger partial charge in [0.2, 0.25) is 0 Å². The second-order valence-electron chi connectivity index (χ2n) is 9.06. The number of unbranched alkanes of at least 4 members (excludes halogenated alkanes) is 17. The van der Waals surface area contributed by atoms with Gasteiger partial charge in [-0.1, -0.05) is 123 Å². The van der Waals surface area contributed by atoms with Gasteiger partial charge in [-0.3, -0.25) is 4.79 Å². The first kappa shape index (κ1) is 29.1. The average molecular weight is 425 g/mol. The lowest BCUT2D eigenvalue weighted by Gasteiger charge is -2.15. The maximum atomic E-state index is 12.1. The summed E-state index contributed by atoms with van der Waals surface area (Å²) >= 11 is 0. The van der Waals surface area contributed by atoms with Crippen LogP contribution < -0.4 is 0 Å². The molecule has 0 saturated heterocycles. The minimum Gasteiger partial charge on any atom is -0.462 e. The molecule has 0 rings (SSSR count). The Morgan fingerprint density at radius 1 is 0.633 bits per heavy atom. The van der Waals surface area contributed by atoms with Gasteiger partial charge in [0.05, 0.1) is 0 Å². The van der Waals surface area contributed by atoms with Crippen LogP contribution in [0.15, 0.2) is 0 Å². The Hall–Kier alpha value is -0.860. The van der Waals surface area contributed by atoms with E-state index in [1.165, 1.54) is 103 Å². The predicted molar refractivity (Wildman–Crippen MR) is 129 cm³/mol. The van der Waals surface area contributed by atoms with Crippen LogP contribution in [0.1, 0.15) is 155 Å². The fraction of sp³-hybridized carbons (Fsp3) is 0.926. The van der Waals surface area contributed by atoms with Crippen LogP contribution in [0.3, 0.4) is 0 Å². The number of esters is 1. The number of ether oxygens (including phenoxy) is 1. The number of carbonyl (C=O) groups excluding carboxylic acids is 2. The molecule has 3 nitrogen and oxygen atoms in total. The fourth-order valence-corrected chi connectivity index (χ4v) is 4.02. The van der Waals surface area contributed by atoms with Crippen molar-refractivity contribution in [2.24, 2.45) is 0 Å². The van der Waals surface area contributed by atoms with Crippen LogP contribution in [0.4, 0.5) is 0 Å². The van der Waals surface area contributed by atoms with Gasteiger partial charge in [0, 0.05) is 12.8 Å². The molecular formula is C27H52O3. The van der Waals surface area contributed by atoms with E-state index in [0.717, 1.165) is 32.0 Å². The summed E-state index contributed by atoms with van der Waals surface area (Å²) in [6.45, 7) is 4.50. The third-order valence-corrected chi connectivity index (χ3v) is 6.02. The van der Waals surface area contributed by atoms with Crippen LogP contribution in [-0.2, 0) is 14.3 Å². The lowest BCUT2D eigenvalue weighted by molar-refractivity contribution is -0.150. The predicted octanol–water partition coefficient (Wildman–Crippen LogP) is 8.72. The number of aldehydes is 1. The zero-order valence-electron chi connectivity index (χ0n) is 20.4.